The number of rotatable bonds is 11. The van der Waals surface area contributed by atoms with Crippen LogP contribution in [0.2, 0.25) is 0 Å². The van der Waals surface area contributed by atoms with Gasteiger partial charge in [-0.05, 0) is 19.3 Å². The van der Waals surface area contributed by atoms with Gasteiger partial charge in [-0.2, -0.15) is 4.18 Å². The maximum atomic E-state index is 11.9. The molecule has 2 atom stereocenters. The zero-order valence-corrected chi connectivity index (χ0v) is 14.3. The average Bonchev–Trinajstić information content (AvgIpc) is 2.90. The quantitative estimate of drug-likeness (QED) is 0.489. The van der Waals surface area contributed by atoms with Gasteiger partial charge in [0.15, 0.2) is 0 Å². The van der Waals surface area contributed by atoms with Crippen molar-refractivity contribution in [1.82, 2.24) is 9.29 Å². The van der Waals surface area contributed by atoms with Crippen molar-refractivity contribution in [3.8, 4) is 0 Å². The van der Waals surface area contributed by atoms with Crippen molar-refractivity contribution in [3.63, 3.8) is 0 Å². The molecule has 1 aromatic rings. The predicted molar refractivity (Wildman–Crippen MR) is 81.4 cm³/mol. The number of unbranched alkanes of at least 4 members (excludes halogenated alkanes) is 2. The van der Waals surface area contributed by atoms with E-state index in [4.69, 9.17) is 0 Å². The first-order chi connectivity index (χ1) is 10.9. The Labute approximate surface area is 137 Å². The number of hydrogen-bond donors (Lipinski definition) is 1. The van der Waals surface area contributed by atoms with E-state index >= 15 is 0 Å². The van der Waals surface area contributed by atoms with Crippen LogP contribution >= 0.6 is 0 Å². The van der Waals surface area contributed by atoms with Gasteiger partial charge in [-0.15, -0.1) is 13.2 Å². The summed E-state index contributed by atoms with van der Waals surface area (Å²) in [6.45, 7) is 4.83. The summed E-state index contributed by atoms with van der Waals surface area (Å²) in [4.78, 5) is 0. The third-order valence-corrected chi connectivity index (χ3v) is 4.29. The molecule has 2 unspecified atom stereocenters. The first-order valence-electron chi connectivity index (χ1n) is 7.83. The fourth-order valence-corrected chi connectivity index (χ4v) is 2.81. The second kappa shape index (κ2) is 10.0. The summed E-state index contributed by atoms with van der Waals surface area (Å²) in [7, 11) is 0. The molecule has 0 fully saturated rings. The molecule has 23 heavy (non-hydrogen) atoms. The standard InChI is InChI=1S/C14H25F3N3O2S/c1-3-5-6-7-13(4-2)20-11-10-19(12-20)9-8-18-23(21)22-14(15,16)17/h10-13,18H,3-9H2,1-2H3/q+1. The first kappa shape index (κ1) is 20.1. The Morgan fingerprint density at radius 2 is 2.09 bits per heavy atom. The zero-order chi connectivity index (χ0) is 17.3. The van der Waals surface area contributed by atoms with Crippen LogP contribution in [0.25, 0.3) is 0 Å². The molecule has 0 aromatic carbocycles. The van der Waals surface area contributed by atoms with Crippen LogP contribution in [-0.2, 0) is 22.0 Å². The highest BCUT2D eigenvalue weighted by Gasteiger charge is 2.33. The number of imidazole rings is 1. The number of halogens is 3. The Morgan fingerprint density at radius 1 is 1.35 bits per heavy atom. The lowest BCUT2D eigenvalue weighted by Gasteiger charge is -2.10. The van der Waals surface area contributed by atoms with Crippen molar-refractivity contribution >= 4 is 11.3 Å². The summed E-state index contributed by atoms with van der Waals surface area (Å²) >= 11 is -2.57. The van der Waals surface area contributed by atoms with E-state index in [1.165, 1.54) is 19.3 Å². The molecule has 0 radical (unpaired) electrons. The molecule has 1 rings (SSSR count). The molecule has 0 aliphatic heterocycles. The molecule has 0 saturated carbocycles. The summed E-state index contributed by atoms with van der Waals surface area (Å²) in [6, 6.07) is 0.429. The molecule has 1 heterocycles. The highest BCUT2D eigenvalue weighted by molar-refractivity contribution is 7.78. The van der Waals surface area contributed by atoms with Crippen LogP contribution in [0.5, 0.6) is 0 Å². The van der Waals surface area contributed by atoms with Gasteiger partial charge in [0, 0.05) is 6.54 Å². The Hall–Kier alpha value is -0.930. The van der Waals surface area contributed by atoms with E-state index in [0.29, 0.717) is 12.6 Å². The number of alkyl halides is 3. The lowest BCUT2D eigenvalue weighted by molar-refractivity contribution is -0.694. The highest BCUT2D eigenvalue weighted by Crippen LogP contribution is 2.18. The Balaban J connectivity index is 2.39. The van der Waals surface area contributed by atoms with Crippen molar-refractivity contribution in [2.75, 3.05) is 6.54 Å². The van der Waals surface area contributed by atoms with E-state index in [9.17, 15) is 17.4 Å². The Kier molecular flexibility index (Phi) is 8.78. The summed E-state index contributed by atoms with van der Waals surface area (Å²) in [5.74, 6) is 0. The highest BCUT2D eigenvalue weighted by atomic mass is 32.2. The maximum absolute atomic E-state index is 11.9. The molecule has 0 aliphatic carbocycles. The van der Waals surface area contributed by atoms with E-state index < -0.39 is 17.6 Å². The molecule has 0 saturated heterocycles. The topological polar surface area (TPSA) is 47.1 Å². The first-order valence-corrected chi connectivity index (χ1v) is 8.91. The number of nitrogens with zero attached hydrogens (tertiary/aromatic N) is 2. The number of aromatic nitrogens is 2. The van der Waals surface area contributed by atoms with Gasteiger partial charge in [0.2, 0.25) is 17.6 Å². The van der Waals surface area contributed by atoms with Crippen molar-refractivity contribution in [3.05, 3.63) is 18.7 Å². The summed E-state index contributed by atoms with van der Waals surface area (Å²) in [6.07, 6.45) is 6.57. The molecule has 134 valence electrons. The summed E-state index contributed by atoms with van der Waals surface area (Å²) < 4.78 is 56.0. The molecule has 0 aliphatic rings. The molecule has 1 aromatic heterocycles. The number of nitrogens with one attached hydrogen (secondary N) is 1. The average molecular weight is 356 g/mol. The zero-order valence-electron chi connectivity index (χ0n) is 13.5. The van der Waals surface area contributed by atoms with Crippen LogP contribution in [0.15, 0.2) is 18.7 Å². The van der Waals surface area contributed by atoms with E-state index in [-0.39, 0.29) is 6.54 Å². The fraction of sp³-hybridized carbons (Fsp3) is 0.786. The molecule has 9 heteroatoms. The van der Waals surface area contributed by atoms with Crippen molar-refractivity contribution in [2.45, 2.75) is 64.9 Å². The molecule has 0 bridgehead atoms. The van der Waals surface area contributed by atoms with Crippen molar-refractivity contribution in [1.29, 1.82) is 0 Å². The second-order valence-corrected chi connectivity index (χ2v) is 6.24. The van der Waals surface area contributed by atoms with E-state index in [0.717, 1.165) is 12.8 Å². The van der Waals surface area contributed by atoms with Gasteiger partial charge in [0.1, 0.15) is 25.0 Å². The summed E-state index contributed by atoms with van der Waals surface area (Å²) in [5, 5.41) is 0. The van der Waals surface area contributed by atoms with Crippen molar-refractivity contribution in [2.24, 2.45) is 0 Å². The number of hydrogen-bond acceptors (Lipinski definition) is 2. The molecule has 0 amide bonds. The molecule has 0 spiro atoms. The van der Waals surface area contributed by atoms with Gasteiger partial charge in [0.25, 0.3) is 0 Å². The minimum absolute atomic E-state index is 0.115. The lowest BCUT2D eigenvalue weighted by atomic mass is 10.1. The van der Waals surface area contributed by atoms with Gasteiger partial charge in [0.05, 0.1) is 0 Å². The van der Waals surface area contributed by atoms with Crippen LogP contribution in [0.4, 0.5) is 13.2 Å². The summed E-state index contributed by atoms with van der Waals surface area (Å²) in [5.41, 5.74) is 0. The minimum atomic E-state index is -4.90. The SMILES string of the molecule is CCCCCC(CC)n1cc[n+](CCNS(=O)OC(F)(F)F)c1. The monoisotopic (exact) mass is 356 g/mol. The van der Waals surface area contributed by atoms with Gasteiger partial charge in [-0.25, -0.2) is 18.1 Å². The van der Waals surface area contributed by atoms with Crippen LogP contribution < -0.4 is 9.29 Å². The molecule has 5 nitrogen and oxygen atoms in total. The van der Waals surface area contributed by atoms with E-state index in [2.05, 4.69) is 27.3 Å². The molecular weight excluding hydrogens is 331 g/mol. The second-order valence-electron chi connectivity index (χ2n) is 5.31. The third kappa shape index (κ3) is 8.47. The lowest BCUT2D eigenvalue weighted by Crippen LogP contribution is -2.38. The van der Waals surface area contributed by atoms with Gasteiger partial charge in [-0.3, -0.25) is 0 Å². The normalized spacial score (nSPS) is 14.8. The van der Waals surface area contributed by atoms with E-state index in [1.807, 2.05) is 23.3 Å². The third-order valence-electron chi connectivity index (χ3n) is 3.51. The van der Waals surface area contributed by atoms with E-state index in [1.54, 1.807) is 0 Å². The van der Waals surface area contributed by atoms with Crippen LogP contribution in [0.3, 0.4) is 0 Å². The smallest absolute Gasteiger partial charge is 0.235 e. The fourth-order valence-electron chi connectivity index (χ4n) is 2.33. The Bertz CT molecular complexity index is 480. The van der Waals surface area contributed by atoms with Gasteiger partial charge >= 0.3 is 6.36 Å². The molecule has 1 N–H and O–H groups in total. The maximum Gasteiger partial charge on any atom is 0.536 e. The van der Waals surface area contributed by atoms with Gasteiger partial charge < -0.3 is 0 Å². The predicted octanol–water partition coefficient (Wildman–Crippen LogP) is 3.01. The van der Waals surface area contributed by atoms with Crippen LogP contribution in [0, 0.1) is 0 Å². The van der Waals surface area contributed by atoms with Gasteiger partial charge in [-0.1, -0.05) is 26.7 Å². The largest absolute Gasteiger partial charge is 0.536 e. The van der Waals surface area contributed by atoms with Crippen molar-refractivity contribution < 1.29 is 26.1 Å². The van der Waals surface area contributed by atoms with Crippen LogP contribution in [-0.4, -0.2) is 21.7 Å². The minimum Gasteiger partial charge on any atom is -0.235 e. The Morgan fingerprint density at radius 3 is 2.70 bits per heavy atom. The van der Waals surface area contributed by atoms with Crippen LogP contribution in [0.1, 0.15) is 52.0 Å². The molecular formula is C14H25F3N3O2S+.